The smallest absolute Gasteiger partial charge is 0.153 e. The first-order valence-electron chi connectivity index (χ1n) is 9.40. The van der Waals surface area contributed by atoms with Crippen LogP contribution in [0.15, 0.2) is 36.5 Å². The molecule has 2 aromatic heterocycles. The molecule has 4 rings (SSSR count). The van der Waals surface area contributed by atoms with Gasteiger partial charge in [-0.1, -0.05) is 24.3 Å². The normalized spacial score (nSPS) is 13.7. The second kappa shape index (κ2) is 6.88. The number of nitrogens with zero attached hydrogens (tertiary/aromatic N) is 3. The molecule has 132 valence electrons. The Morgan fingerprint density at radius 1 is 1.15 bits per heavy atom. The number of benzene rings is 1. The van der Waals surface area contributed by atoms with Crippen LogP contribution in [0, 0.1) is 26.2 Å². The second-order valence-electron chi connectivity index (χ2n) is 7.14. The van der Waals surface area contributed by atoms with E-state index in [2.05, 4.69) is 59.6 Å². The Labute approximate surface area is 155 Å². The fraction of sp³-hybridized carbons (Fsp3) is 0.348. The maximum absolute atomic E-state index is 5.46. The van der Waals surface area contributed by atoms with Crippen LogP contribution in [0.2, 0.25) is 0 Å². The summed E-state index contributed by atoms with van der Waals surface area (Å²) in [5.41, 5.74) is 6.81. The van der Waals surface area contributed by atoms with Crippen LogP contribution in [0.1, 0.15) is 35.2 Å². The monoisotopic (exact) mass is 343 g/mol. The molecule has 0 saturated heterocycles. The fourth-order valence-electron chi connectivity index (χ4n) is 4.10. The quantitative estimate of drug-likeness (QED) is 0.509. The van der Waals surface area contributed by atoms with Crippen LogP contribution in [0.5, 0.6) is 0 Å². The highest BCUT2D eigenvalue weighted by Gasteiger charge is 2.22. The van der Waals surface area contributed by atoms with Gasteiger partial charge in [0.2, 0.25) is 0 Å². The highest BCUT2D eigenvalue weighted by Crippen LogP contribution is 2.34. The number of hydrogen-bond donors (Lipinski definition) is 0. The van der Waals surface area contributed by atoms with Gasteiger partial charge in [0.1, 0.15) is 0 Å². The van der Waals surface area contributed by atoms with Gasteiger partial charge >= 0.3 is 0 Å². The molecule has 0 atom stereocenters. The number of pyridine rings is 1. The summed E-state index contributed by atoms with van der Waals surface area (Å²) in [7, 11) is 0. The first kappa shape index (κ1) is 16.7. The second-order valence-corrected chi connectivity index (χ2v) is 7.14. The molecular weight excluding hydrogens is 318 g/mol. The number of anilines is 1. The molecule has 1 aliphatic rings. The summed E-state index contributed by atoms with van der Waals surface area (Å²) in [4.78, 5) is 7.24. The Morgan fingerprint density at radius 2 is 1.96 bits per heavy atom. The maximum Gasteiger partial charge on any atom is 0.153 e. The van der Waals surface area contributed by atoms with Crippen LogP contribution in [0.4, 0.5) is 5.82 Å². The van der Waals surface area contributed by atoms with E-state index in [1.54, 1.807) is 0 Å². The molecule has 3 nitrogen and oxygen atoms in total. The van der Waals surface area contributed by atoms with Crippen molar-refractivity contribution in [1.82, 2.24) is 9.55 Å². The molecule has 0 fully saturated rings. The molecule has 26 heavy (non-hydrogen) atoms. The van der Waals surface area contributed by atoms with E-state index >= 15 is 0 Å². The highest BCUT2D eigenvalue weighted by atomic mass is 15.2. The molecule has 1 aliphatic heterocycles. The lowest BCUT2D eigenvalue weighted by molar-refractivity contribution is 0.655. The van der Waals surface area contributed by atoms with Crippen molar-refractivity contribution in [3.63, 3.8) is 0 Å². The van der Waals surface area contributed by atoms with E-state index in [0.29, 0.717) is 0 Å². The largest absolute Gasteiger partial charge is 0.350 e. The van der Waals surface area contributed by atoms with Crippen molar-refractivity contribution < 1.29 is 0 Å². The third kappa shape index (κ3) is 2.76. The third-order valence-corrected chi connectivity index (χ3v) is 5.66. The average molecular weight is 343 g/mol. The minimum Gasteiger partial charge on any atom is -0.350 e. The van der Waals surface area contributed by atoms with Gasteiger partial charge in [0.25, 0.3) is 0 Å². The number of aromatic nitrogens is 2. The van der Waals surface area contributed by atoms with Crippen LogP contribution < -0.4 is 4.90 Å². The van der Waals surface area contributed by atoms with Crippen LogP contribution in [0.25, 0.3) is 10.9 Å². The van der Waals surface area contributed by atoms with Crippen molar-refractivity contribution in [2.45, 2.75) is 46.2 Å². The summed E-state index contributed by atoms with van der Waals surface area (Å²) in [5, 5.41) is 1.31. The SMILES string of the molecule is C#CCCCn1c(C)c(C)c2ccnc(N3CCc4ccccc4C3)c21. The van der Waals surface area contributed by atoms with Gasteiger partial charge in [0.15, 0.2) is 5.82 Å². The zero-order valence-corrected chi connectivity index (χ0v) is 15.6. The lowest BCUT2D eigenvalue weighted by atomic mass is 10.00. The summed E-state index contributed by atoms with van der Waals surface area (Å²) in [5.74, 6) is 3.87. The number of rotatable bonds is 4. The maximum atomic E-state index is 5.46. The summed E-state index contributed by atoms with van der Waals surface area (Å²) >= 11 is 0. The summed E-state index contributed by atoms with van der Waals surface area (Å²) in [6, 6.07) is 10.9. The Balaban J connectivity index is 1.78. The standard InChI is InChI=1S/C23H25N3/c1-4-5-8-14-26-18(3)17(2)21-11-13-24-23(22(21)26)25-15-12-19-9-6-7-10-20(19)16-25/h1,6-7,9-11,13H,5,8,12,14-16H2,2-3H3. The Bertz CT molecular complexity index is 991. The molecule has 0 bridgehead atoms. The lowest BCUT2D eigenvalue weighted by Crippen LogP contribution is -2.31. The highest BCUT2D eigenvalue weighted by molar-refractivity contribution is 5.93. The zero-order chi connectivity index (χ0) is 18.1. The summed E-state index contributed by atoms with van der Waals surface area (Å²) in [6.45, 7) is 7.31. The van der Waals surface area contributed by atoms with Gasteiger partial charge in [-0.2, -0.15) is 0 Å². The predicted molar refractivity (Wildman–Crippen MR) is 108 cm³/mol. The van der Waals surface area contributed by atoms with Gasteiger partial charge in [-0.05, 0) is 49.4 Å². The van der Waals surface area contributed by atoms with E-state index in [1.807, 2.05) is 6.20 Å². The van der Waals surface area contributed by atoms with Gasteiger partial charge < -0.3 is 9.47 Å². The molecule has 0 N–H and O–H groups in total. The van der Waals surface area contributed by atoms with Crippen molar-refractivity contribution in [3.05, 3.63) is 58.9 Å². The van der Waals surface area contributed by atoms with Crippen molar-refractivity contribution in [3.8, 4) is 12.3 Å². The lowest BCUT2D eigenvalue weighted by Gasteiger charge is -2.30. The number of hydrogen-bond acceptors (Lipinski definition) is 2. The van der Waals surface area contributed by atoms with Crippen molar-refractivity contribution in [2.75, 3.05) is 11.4 Å². The van der Waals surface area contributed by atoms with Gasteiger partial charge in [0, 0.05) is 43.3 Å². The Hall–Kier alpha value is -2.73. The summed E-state index contributed by atoms with van der Waals surface area (Å²) < 4.78 is 2.42. The van der Waals surface area contributed by atoms with E-state index in [9.17, 15) is 0 Å². The molecule has 1 aromatic carbocycles. The van der Waals surface area contributed by atoms with E-state index in [4.69, 9.17) is 11.4 Å². The minimum atomic E-state index is 0.810. The minimum absolute atomic E-state index is 0.810. The van der Waals surface area contributed by atoms with Crippen molar-refractivity contribution in [2.24, 2.45) is 0 Å². The van der Waals surface area contributed by atoms with E-state index in [-0.39, 0.29) is 0 Å². The van der Waals surface area contributed by atoms with Crippen LogP contribution in [-0.2, 0) is 19.5 Å². The molecule has 0 spiro atoms. The Morgan fingerprint density at radius 3 is 2.77 bits per heavy atom. The number of fused-ring (bicyclic) bond motifs is 2. The summed E-state index contributed by atoms with van der Waals surface area (Å²) in [6.07, 6.45) is 10.3. The van der Waals surface area contributed by atoms with Gasteiger partial charge in [-0.3, -0.25) is 0 Å². The molecule has 0 radical (unpaired) electrons. The molecule has 3 aromatic rings. The van der Waals surface area contributed by atoms with Crippen LogP contribution in [0.3, 0.4) is 0 Å². The molecule has 0 saturated carbocycles. The van der Waals surface area contributed by atoms with E-state index in [1.165, 1.54) is 33.3 Å². The van der Waals surface area contributed by atoms with Crippen LogP contribution >= 0.6 is 0 Å². The van der Waals surface area contributed by atoms with Gasteiger partial charge in [-0.15, -0.1) is 12.3 Å². The van der Waals surface area contributed by atoms with E-state index < -0.39 is 0 Å². The number of terminal acetylenes is 1. The fourth-order valence-corrected chi connectivity index (χ4v) is 4.10. The molecule has 0 aliphatic carbocycles. The first-order valence-corrected chi connectivity index (χ1v) is 9.40. The predicted octanol–water partition coefficient (Wildman–Crippen LogP) is 4.63. The van der Waals surface area contributed by atoms with E-state index in [0.717, 1.165) is 44.7 Å². The molecular formula is C23H25N3. The van der Waals surface area contributed by atoms with Gasteiger partial charge in [0.05, 0.1) is 5.52 Å². The molecule has 3 heterocycles. The third-order valence-electron chi connectivity index (χ3n) is 5.66. The Kier molecular flexibility index (Phi) is 4.42. The first-order chi connectivity index (χ1) is 12.7. The number of aryl methyl sites for hydroxylation is 2. The van der Waals surface area contributed by atoms with Crippen LogP contribution in [-0.4, -0.2) is 16.1 Å². The zero-order valence-electron chi connectivity index (χ0n) is 15.6. The molecule has 0 amide bonds. The molecule has 0 unspecified atom stereocenters. The van der Waals surface area contributed by atoms with Gasteiger partial charge in [-0.25, -0.2) is 4.98 Å². The van der Waals surface area contributed by atoms with Crippen molar-refractivity contribution >= 4 is 16.7 Å². The molecule has 3 heteroatoms. The number of unbranched alkanes of at least 4 members (excludes halogenated alkanes) is 1. The van der Waals surface area contributed by atoms with Crippen molar-refractivity contribution in [1.29, 1.82) is 0 Å². The topological polar surface area (TPSA) is 21.1 Å². The average Bonchev–Trinajstić information content (AvgIpc) is 2.93.